The molecule has 0 atom stereocenters. The summed E-state index contributed by atoms with van der Waals surface area (Å²) in [5.41, 5.74) is 1.87. The van der Waals surface area contributed by atoms with Gasteiger partial charge in [0.15, 0.2) is 0 Å². The van der Waals surface area contributed by atoms with Gasteiger partial charge in [-0.2, -0.15) is 5.10 Å². The minimum atomic E-state index is 0.550. The molecule has 0 amide bonds. The van der Waals surface area contributed by atoms with Gasteiger partial charge in [-0.15, -0.1) is 0 Å². The van der Waals surface area contributed by atoms with E-state index in [1.807, 2.05) is 0 Å². The zero-order valence-corrected chi connectivity index (χ0v) is 12.5. The van der Waals surface area contributed by atoms with Crippen LogP contribution in [0.15, 0.2) is 12.3 Å². The van der Waals surface area contributed by atoms with Gasteiger partial charge < -0.3 is 5.32 Å². The molecule has 4 rings (SSSR count). The monoisotopic (exact) mass is 273 g/mol. The minimum Gasteiger partial charge on any atom is -0.313 e. The van der Waals surface area contributed by atoms with E-state index >= 15 is 0 Å². The average molecular weight is 273 g/mol. The zero-order chi connectivity index (χ0) is 13.4. The third-order valence-corrected chi connectivity index (χ3v) is 5.47. The van der Waals surface area contributed by atoms with Crippen LogP contribution < -0.4 is 5.32 Å². The summed E-state index contributed by atoms with van der Waals surface area (Å²) in [5, 5.41) is 8.61. The van der Waals surface area contributed by atoms with Gasteiger partial charge in [0.05, 0.1) is 11.7 Å². The topological polar surface area (TPSA) is 29.9 Å². The Bertz CT molecular complexity index is 451. The number of hydrogen-bond donors (Lipinski definition) is 1. The quantitative estimate of drug-likeness (QED) is 0.860. The van der Waals surface area contributed by atoms with E-state index in [9.17, 15) is 0 Å². The fourth-order valence-electron chi connectivity index (χ4n) is 3.65. The second kappa shape index (κ2) is 5.18. The number of nitrogens with one attached hydrogen (secondary N) is 1. The maximum Gasteiger partial charge on any atom is 0.0630 e. The van der Waals surface area contributed by atoms with E-state index in [1.54, 1.807) is 0 Å². The van der Waals surface area contributed by atoms with Crippen molar-refractivity contribution < 1.29 is 0 Å². The van der Waals surface area contributed by atoms with Gasteiger partial charge in [-0.25, -0.2) is 0 Å². The Morgan fingerprint density at radius 1 is 1.15 bits per heavy atom. The fourth-order valence-corrected chi connectivity index (χ4v) is 3.65. The van der Waals surface area contributed by atoms with Crippen molar-refractivity contribution in [3.8, 4) is 0 Å². The molecule has 20 heavy (non-hydrogen) atoms. The largest absolute Gasteiger partial charge is 0.313 e. The Hall–Kier alpha value is -0.830. The van der Waals surface area contributed by atoms with Gasteiger partial charge in [0.1, 0.15) is 0 Å². The van der Waals surface area contributed by atoms with Crippen LogP contribution in [0, 0.1) is 5.41 Å². The highest BCUT2D eigenvalue weighted by molar-refractivity contribution is 5.09. The van der Waals surface area contributed by atoms with Gasteiger partial charge in [-0.05, 0) is 56.4 Å². The maximum atomic E-state index is 4.89. The summed E-state index contributed by atoms with van der Waals surface area (Å²) < 4.78 is 2.26. The summed E-state index contributed by atoms with van der Waals surface area (Å²) in [6.07, 6.45) is 15.8. The molecule has 3 aliphatic carbocycles. The smallest absolute Gasteiger partial charge is 0.0630 e. The standard InChI is InChI=1S/C17H27N3/c1-2-4-16(5-3-1)20-11-8-15(19-20)12-17(9-10-17)13-18-14-6-7-14/h8,11,14,16,18H,1-7,9-10,12-13H2. The van der Waals surface area contributed by atoms with Gasteiger partial charge in [-0.3, -0.25) is 4.68 Å². The number of hydrogen-bond acceptors (Lipinski definition) is 2. The van der Waals surface area contributed by atoms with Crippen molar-refractivity contribution in [1.82, 2.24) is 15.1 Å². The first-order valence-electron chi connectivity index (χ1n) is 8.61. The Morgan fingerprint density at radius 3 is 2.65 bits per heavy atom. The average Bonchev–Trinajstić information content (AvgIpc) is 3.39. The molecule has 1 aromatic heterocycles. The normalized spacial score (nSPS) is 25.8. The summed E-state index contributed by atoms with van der Waals surface area (Å²) in [7, 11) is 0. The molecule has 0 radical (unpaired) electrons. The van der Waals surface area contributed by atoms with E-state index in [0.717, 1.165) is 6.04 Å². The van der Waals surface area contributed by atoms with E-state index in [2.05, 4.69) is 22.3 Å². The molecule has 3 aliphatic rings. The molecule has 0 aliphatic heterocycles. The lowest BCUT2D eigenvalue weighted by Gasteiger charge is -2.22. The highest BCUT2D eigenvalue weighted by Crippen LogP contribution is 2.48. The SMILES string of the molecule is c1cn(C2CCCCC2)nc1CC1(CNC2CC2)CC1. The van der Waals surface area contributed by atoms with Crippen LogP contribution in [0.3, 0.4) is 0 Å². The molecular weight excluding hydrogens is 246 g/mol. The van der Waals surface area contributed by atoms with Crippen LogP contribution in [0.25, 0.3) is 0 Å². The van der Waals surface area contributed by atoms with Crippen LogP contribution in [0.4, 0.5) is 0 Å². The van der Waals surface area contributed by atoms with Crippen molar-refractivity contribution in [3.05, 3.63) is 18.0 Å². The van der Waals surface area contributed by atoms with Crippen LogP contribution in [0.1, 0.15) is 69.5 Å². The van der Waals surface area contributed by atoms with Gasteiger partial charge >= 0.3 is 0 Å². The lowest BCUT2D eigenvalue weighted by Crippen LogP contribution is -2.27. The zero-order valence-electron chi connectivity index (χ0n) is 12.5. The van der Waals surface area contributed by atoms with Gasteiger partial charge in [0.25, 0.3) is 0 Å². The molecule has 0 saturated heterocycles. The molecule has 0 spiro atoms. The number of rotatable bonds is 6. The molecule has 3 nitrogen and oxygen atoms in total. The number of aromatic nitrogens is 2. The third kappa shape index (κ3) is 2.93. The summed E-state index contributed by atoms with van der Waals surface area (Å²) in [6.45, 7) is 1.22. The van der Waals surface area contributed by atoms with Crippen molar-refractivity contribution in [1.29, 1.82) is 0 Å². The molecule has 110 valence electrons. The molecule has 3 heteroatoms. The number of nitrogens with zero attached hydrogens (tertiary/aromatic N) is 2. The lowest BCUT2D eigenvalue weighted by molar-refractivity contribution is 0.326. The second-order valence-electron chi connectivity index (χ2n) is 7.41. The summed E-state index contributed by atoms with van der Waals surface area (Å²) >= 11 is 0. The highest BCUT2D eigenvalue weighted by atomic mass is 15.3. The van der Waals surface area contributed by atoms with Crippen LogP contribution >= 0.6 is 0 Å². The van der Waals surface area contributed by atoms with Crippen LogP contribution in [-0.2, 0) is 6.42 Å². The van der Waals surface area contributed by atoms with Crippen molar-refractivity contribution in [3.63, 3.8) is 0 Å². The lowest BCUT2D eigenvalue weighted by atomic mass is 9.96. The van der Waals surface area contributed by atoms with Gasteiger partial charge in [0, 0.05) is 18.8 Å². The molecular formula is C17H27N3. The van der Waals surface area contributed by atoms with Crippen molar-refractivity contribution >= 4 is 0 Å². The molecule has 3 fully saturated rings. The van der Waals surface area contributed by atoms with Crippen LogP contribution in [-0.4, -0.2) is 22.4 Å². The first-order valence-corrected chi connectivity index (χ1v) is 8.61. The van der Waals surface area contributed by atoms with Gasteiger partial charge in [0.2, 0.25) is 0 Å². The maximum absolute atomic E-state index is 4.89. The highest BCUT2D eigenvalue weighted by Gasteiger charge is 2.43. The Kier molecular flexibility index (Phi) is 3.33. The summed E-state index contributed by atoms with van der Waals surface area (Å²) in [6, 6.07) is 3.79. The first-order chi connectivity index (χ1) is 9.83. The van der Waals surface area contributed by atoms with E-state index in [4.69, 9.17) is 5.10 Å². The molecule has 3 saturated carbocycles. The van der Waals surface area contributed by atoms with E-state index in [-0.39, 0.29) is 0 Å². The Balaban J connectivity index is 1.35. The van der Waals surface area contributed by atoms with Crippen LogP contribution in [0.5, 0.6) is 0 Å². The van der Waals surface area contributed by atoms with E-state index in [0.29, 0.717) is 11.5 Å². The van der Waals surface area contributed by atoms with E-state index < -0.39 is 0 Å². The molecule has 0 aromatic carbocycles. The van der Waals surface area contributed by atoms with Crippen molar-refractivity contribution in [2.45, 2.75) is 76.3 Å². The summed E-state index contributed by atoms with van der Waals surface area (Å²) in [5.74, 6) is 0. The van der Waals surface area contributed by atoms with Crippen LogP contribution in [0.2, 0.25) is 0 Å². The molecule has 1 N–H and O–H groups in total. The predicted octanol–water partition coefficient (Wildman–Crippen LogP) is 3.46. The summed E-state index contributed by atoms with van der Waals surface area (Å²) in [4.78, 5) is 0. The molecule has 0 unspecified atom stereocenters. The van der Waals surface area contributed by atoms with E-state index in [1.165, 1.54) is 76.4 Å². The second-order valence-corrected chi connectivity index (χ2v) is 7.41. The molecule has 1 aromatic rings. The Labute approximate surface area is 122 Å². The Morgan fingerprint density at radius 2 is 1.95 bits per heavy atom. The van der Waals surface area contributed by atoms with Gasteiger partial charge in [-0.1, -0.05) is 19.3 Å². The van der Waals surface area contributed by atoms with Crippen molar-refractivity contribution in [2.75, 3.05) is 6.54 Å². The molecule has 1 heterocycles. The predicted molar refractivity (Wildman–Crippen MR) is 80.7 cm³/mol. The molecule has 0 bridgehead atoms. The fraction of sp³-hybridized carbons (Fsp3) is 0.824. The first kappa shape index (κ1) is 12.9. The third-order valence-electron chi connectivity index (χ3n) is 5.47. The minimum absolute atomic E-state index is 0.550. The van der Waals surface area contributed by atoms with Crippen molar-refractivity contribution in [2.24, 2.45) is 5.41 Å².